The highest BCUT2D eigenvalue weighted by Crippen LogP contribution is 2.39. The third-order valence-electron chi connectivity index (χ3n) is 3.62. The van der Waals surface area contributed by atoms with Gasteiger partial charge in [0.05, 0.1) is 11.3 Å². The maximum atomic E-state index is 12.0. The average molecular weight is 217 g/mol. The molecule has 84 valence electrons. The van der Waals surface area contributed by atoms with Crippen LogP contribution in [0.3, 0.4) is 0 Å². The zero-order valence-corrected chi connectivity index (χ0v) is 9.49. The molecule has 0 aromatic heterocycles. The minimum atomic E-state index is -0.682. The molecule has 0 aliphatic carbocycles. The van der Waals surface area contributed by atoms with Crippen molar-refractivity contribution in [2.75, 3.05) is 0 Å². The maximum absolute atomic E-state index is 12.0. The highest BCUT2D eigenvalue weighted by Gasteiger charge is 2.52. The summed E-state index contributed by atoms with van der Waals surface area (Å²) in [7, 11) is 0. The first-order valence-corrected chi connectivity index (χ1v) is 5.53. The van der Waals surface area contributed by atoms with Crippen LogP contribution in [-0.4, -0.2) is 11.8 Å². The molecule has 2 amide bonds. The van der Waals surface area contributed by atoms with Gasteiger partial charge in [-0.15, -0.1) is 0 Å². The van der Waals surface area contributed by atoms with Crippen molar-refractivity contribution in [1.29, 1.82) is 0 Å². The van der Waals surface area contributed by atoms with Crippen molar-refractivity contribution in [3.63, 3.8) is 0 Å². The van der Waals surface area contributed by atoms with E-state index in [2.05, 4.69) is 5.32 Å². The van der Waals surface area contributed by atoms with Crippen molar-refractivity contribution in [3.05, 3.63) is 35.9 Å². The number of nitrogens with one attached hydrogen (secondary N) is 1. The molecule has 0 radical (unpaired) electrons. The van der Waals surface area contributed by atoms with Crippen molar-refractivity contribution in [2.24, 2.45) is 5.92 Å². The monoisotopic (exact) mass is 217 g/mol. The van der Waals surface area contributed by atoms with Crippen LogP contribution in [0.5, 0.6) is 0 Å². The first kappa shape index (κ1) is 10.9. The first-order chi connectivity index (χ1) is 7.63. The van der Waals surface area contributed by atoms with Gasteiger partial charge in [-0.2, -0.15) is 0 Å². The van der Waals surface area contributed by atoms with Gasteiger partial charge in [0, 0.05) is 0 Å². The first-order valence-electron chi connectivity index (χ1n) is 5.53. The van der Waals surface area contributed by atoms with Gasteiger partial charge in [0.25, 0.3) is 0 Å². The van der Waals surface area contributed by atoms with Crippen LogP contribution in [0.4, 0.5) is 0 Å². The molecule has 2 atom stereocenters. The van der Waals surface area contributed by atoms with Crippen LogP contribution in [-0.2, 0) is 15.0 Å². The smallest absolute Gasteiger partial charge is 0.238 e. The Kier molecular flexibility index (Phi) is 2.54. The molecule has 3 nitrogen and oxygen atoms in total. The Morgan fingerprint density at radius 1 is 1.25 bits per heavy atom. The zero-order chi connectivity index (χ0) is 11.8. The lowest BCUT2D eigenvalue weighted by atomic mass is 9.70. The molecule has 0 saturated carbocycles. The number of rotatable bonds is 2. The van der Waals surface area contributed by atoms with E-state index in [-0.39, 0.29) is 17.7 Å². The van der Waals surface area contributed by atoms with E-state index in [0.717, 1.165) is 5.56 Å². The largest absolute Gasteiger partial charge is 0.295 e. The SMILES string of the molecule is CCC1(c2ccccc2)C(=O)NC(=O)C1C. The van der Waals surface area contributed by atoms with Gasteiger partial charge in [-0.1, -0.05) is 44.2 Å². The van der Waals surface area contributed by atoms with E-state index in [1.807, 2.05) is 44.2 Å². The molecule has 1 aromatic rings. The van der Waals surface area contributed by atoms with Gasteiger partial charge in [-0.3, -0.25) is 14.9 Å². The number of carbonyl (C=O) groups excluding carboxylic acids is 2. The highest BCUT2D eigenvalue weighted by atomic mass is 16.2. The van der Waals surface area contributed by atoms with E-state index in [0.29, 0.717) is 6.42 Å². The lowest BCUT2D eigenvalue weighted by Gasteiger charge is -2.28. The van der Waals surface area contributed by atoms with E-state index >= 15 is 0 Å². The molecule has 16 heavy (non-hydrogen) atoms. The molecule has 3 heteroatoms. The summed E-state index contributed by atoms with van der Waals surface area (Å²) in [6.07, 6.45) is 0.635. The summed E-state index contributed by atoms with van der Waals surface area (Å²) >= 11 is 0. The Hall–Kier alpha value is -1.64. The van der Waals surface area contributed by atoms with Gasteiger partial charge < -0.3 is 0 Å². The fourth-order valence-electron chi connectivity index (χ4n) is 2.54. The molecule has 2 unspecified atom stereocenters. The van der Waals surface area contributed by atoms with Crippen LogP contribution in [0, 0.1) is 5.92 Å². The summed E-state index contributed by atoms with van der Waals surface area (Å²) in [5, 5.41) is 2.43. The topological polar surface area (TPSA) is 46.2 Å². The third-order valence-corrected chi connectivity index (χ3v) is 3.62. The number of benzene rings is 1. The van der Waals surface area contributed by atoms with Crippen molar-refractivity contribution in [3.8, 4) is 0 Å². The predicted molar refractivity (Wildman–Crippen MR) is 60.7 cm³/mol. The molecule has 0 spiro atoms. The lowest BCUT2D eigenvalue weighted by Crippen LogP contribution is -2.38. The summed E-state index contributed by atoms with van der Waals surface area (Å²) in [6.45, 7) is 3.76. The number of amides is 2. The van der Waals surface area contributed by atoms with Crippen molar-refractivity contribution in [2.45, 2.75) is 25.7 Å². The standard InChI is InChI=1S/C13H15NO2/c1-3-13(10-7-5-4-6-8-10)9(2)11(15)14-12(13)16/h4-9H,3H2,1-2H3,(H,14,15,16). The van der Waals surface area contributed by atoms with Gasteiger partial charge in [-0.05, 0) is 12.0 Å². The second-order valence-electron chi connectivity index (χ2n) is 4.23. The second-order valence-corrected chi connectivity index (χ2v) is 4.23. The van der Waals surface area contributed by atoms with Gasteiger partial charge in [0.1, 0.15) is 0 Å². The number of imide groups is 1. The normalized spacial score (nSPS) is 29.2. The molecule has 1 aliphatic heterocycles. The van der Waals surface area contributed by atoms with Crippen LogP contribution in [0.25, 0.3) is 0 Å². The average Bonchev–Trinajstić information content (AvgIpc) is 2.52. The second kappa shape index (κ2) is 3.74. The Morgan fingerprint density at radius 3 is 2.31 bits per heavy atom. The van der Waals surface area contributed by atoms with Crippen LogP contribution < -0.4 is 5.32 Å². The Balaban J connectivity index is 2.56. The lowest BCUT2D eigenvalue weighted by molar-refractivity contribution is -0.126. The Labute approximate surface area is 94.9 Å². The molecule has 0 bridgehead atoms. The summed E-state index contributed by atoms with van der Waals surface area (Å²) in [4.78, 5) is 23.6. The number of carbonyl (C=O) groups is 2. The molecule has 2 rings (SSSR count). The summed E-state index contributed by atoms with van der Waals surface area (Å²) < 4.78 is 0. The minimum absolute atomic E-state index is 0.168. The number of hydrogen-bond acceptors (Lipinski definition) is 2. The van der Waals surface area contributed by atoms with E-state index in [1.165, 1.54) is 0 Å². The quantitative estimate of drug-likeness (QED) is 0.765. The van der Waals surface area contributed by atoms with Crippen molar-refractivity contribution in [1.82, 2.24) is 5.32 Å². The van der Waals surface area contributed by atoms with Gasteiger partial charge in [0.15, 0.2) is 0 Å². The van der Waals surface area contributed by atoms with Crippen LogP contribution in [0.2, 0.25) is 0 Å². The molecule has 1 fully saturated rings. The summed E-state index contributed by atoms with van der Waals surface area (Å²) in [5.74, 6) is -0.637. The minimum Gasteiger partial charge on any atom is -0.295 e. The van der Waals surface area contributed by atoms with Gasteiger partial charge in [0.2, 0.25) is 11.8 Å². The highest BCUT2D eigenvalue weighted by molar-refractivity contribution is 6.10. The van der Waals surface area contributed by atoms with E-state index in [9.17, 15) is 9.59 Å². The fourth-order valence-corrected chi connectivity index (χ4v) is 2.54. The Morgan fingerprint density at radius 2 is 1.88 bits per heavy atom. The molecule has 1 aromatic carbocycles. The molecule has 1 saturated heterocycles. The van der Waals surface area contributed by atoms with Crippen molar-refractivity contribution < 1.29 is 9.59 Å². The molecule has 1 heterocycles. The molecule has 1 N–H and O–H groups in total. The van der Waals surface area contributed by atoms with E-state index < -0.39 is 5.41 Å². The summed E-state index contributed by atoms with van der Waals surface area (Å²) in [5.41, 5.74) is 0.242. The number of hydrogen-bond donors (Lipinski definition) is 1. The van der Waals surface area contributed by atoms with E-state index in [4.69, 9.17) is 0 Å². The van der Waals surface area contributed by atoms with Gasteiger partial charge >= 0.3 is 0 Å². The molecular formula is C13H15NO2. The fraction of sp³-hybridized carbons (Fsp3) is 0.385. The van der Waals surface area contributed by atoms with Crippen molar-refractivity contribution >= 4 is 11.8 Å². The predicted octanol–water partition coefficient (Wildman–Crippen LogP) is 1.63. The van der Waals surface area contributed by atoms with Crippen LogP contribution in [0.1, 0.15) is 25.8 Å². The zero-order valence-electron chi connectivity index (χ0n) is 9.49. The van der Waals surface area contributed by atoms with Gasteiger partial charge in [-0.25, -0.2) is 0 Å². The van der Waals surface area contributed by atoms with Crippen LogP contribution >= 0.6 is 0 Å². The van der Waals surface area contributed by atoms with Crippen LogP contribution in [0.15, 0.2) is 30.3 Å². The maximum Gasteiger partial charge on any atom is 0.238 e. The molecule has 1 aliphatic rings. The summed E-state index contributed by atoms with van der Waals surface area (Å²) in [6, 6.07) is 9.54. The Bertz CT molecular complexity index is 427. The third kappa shape index (κ3) is 1.28. The molecular weight excluding hydrogens is 202 g/mol. The van der Waals surface area contributed by atoms with E-state index in [1.54, 1.807) is 0 Å².